The first-order valence-electron chi connectivity index (χ1n) is 11.3. The van der Waals surface area contributed by atoms with E-state index in [-0.39, 0.29) is 5.79 Å². The van der Waals surface area contributed by atoms with Crippen molar-refractivity contribution < 1.29 is 9.47 Å². The molecule has 1 heterocycles. The predicted octanol–water partition coefficient (Wildman–Crippen LogP) is 5.63. The minimum absolute atomic E-state index is 0.278. The Morgan fingerprint density at radius 3 is 2.27 bits per heavy atom. The summed E-state index contributed by atoms with van der Waals surface area (Å²) in [5.41, 5.74) is 0.414. The maximum Gasteiger partial charge on any atom is 0.168 e. The van der Waals surface area contributed by atoms with Gasteiger partial charge in [-0.05, 0) is 56.4 Å². The van der Waals surface area contributed by atoms with E-state index < -0.39 is 0 Å². The average molecular weight is 366 g/mol. The quantitative estimate of drug-likeness (QED) is 0.630. The van der Waals surface area contributed by atoms with Gasteiger partial charge in [0.05, 0.1) is 12.7 Å². The lowest BCUT2D eigenvalue weighted by Crippen LogP contribution is -2.51. The second kappa shape index (κ2) is 8.49. The molecule has 1 atom stereocenters. The Hall–Kier alpha value is -0.120. The van der Waals surface area contributed by atoms with Gasteiger partial charge in [-0.3, -0.25) is 0 Å². The maximum absolute atomic E-state index is 6.63. The van der Waals surface area contributed by atoms with Crippen LogP contribution in [0.1, 0.15) is 91.9 Å². The molecule has 1 unspecified atom stereocenters. The van der Waals surface area contributed by atoms with Gasteiger partial charge in [0.25, 0.3) is 0 Å². The minimum Gasteiger partial charge on any atom is -0.350 e. The number of ether oxygens (including phenoxy) is 2. The van der Waals surface area contributed by atoms with Crippen LogP contribution in [0.5, 0.6) is 0 Å². The zero-order valence-electron chi connectivity index (χ0n) is 18.1. The Labute approximate surface area is 162 Å². The number of hydrogen-bond donors (Lipinski definition) is 0. The Kier molecular flexibility index (Phi) is 6.73. The average Bonchev–Trinajstić information content (AvgIpc) is 2.63. The van der Waals surface area contributed by atoms with Gasteiger partial charge in [0.15, 0.2) is 5.79 Å². The molecule has 3 fully saturated rings. The number of nitrogens with zero attached hydrogens (tertiary/aromatic N) is 1. The molecule has 3 heteroatoms. The molecule has 0 N–H and O–H groups in total. The van der Waals surface area contributed by atoms with E-state index in [0.29, 0.717) is 11.5 Å². The molecule has 1 aliphatic heterocycles. The highest BCUT2D eigenvalue weighted by Gasteiger charge is 2.45. The van der Waals surface area contributed by atoms with Crippen molar-refractivity contribution in [2.24, 2.45) is 17.3 Å². The van der Waals surface area contributed by atoms with Gasteiger partial charge in [0.2, 0.25) is 0 Å². The molecule has 1 spiro atoms. The molecule has 3 nitrogen and oxygen atoms in total. The molecular weight excluding hydrogens is 322 g/mol. The van der Waals surface area contributed by atoms with E-state index in [1.807, 2.05) is 0 Å². The maximum atomic E-state index is 6.63. The Morgan fingerprint density at radius 2 is 1.65 bits per heavy atom. The van der Waals surface area contributed by atoms with Gasteiger partial charge in [0, 0.05) is 25.4 Å². The van der Waals surface area contributed by atoms with Crippen molar-refractivity contribution in [2.45, 2.75) is 110 Å². The highest BCUT2D eigenvalue weighted by Crippen LogP contribution is 2.48. The second-order valence-electron chi connectivity index (χ2n) is 10.3. The van der Waals surface area contributed by atoms with Gasteiger partial charge >= 0.3 is 0 Å². The third-order valence-electron chi connectivity index (χ3n) is 8.16. The van der Waals surface area contributed by atoms with Gasteiger partial charge in [-0.1, -0.05) is 47.0 Å². The summed E-state index contributed by atoms with van der Waals surface area (Å²) in [7, 11) is 2.31. The van der Waals surface area contributed by atoms with Gasteiger partial charge in [-0.25, -0.2) is 0 Å². The Balaban J connectivity index is 1.52. The summed E-state index contributed by atoms with van der Waals surface area (Å²) < 4.78 is 12.9. The van der Waals surface area contributed by atoms with E-state index in [9.17, 15) is 0 Å². The van der Waals surface area contributed by atoms with E-state index >= 15 is 0 Å². The molecule has 0 amide bonds. The molecule has 0 aromatic rings. The molecule has 26 heavy (non-hydrogen) atoms. The smallest absolute Gasteiger partial charge is 0.168 e. The van der Waals surface area contributed by atoms with Gasteiger partial charge in [-0.15, -0.1) is 0 Å². The molecule has 0 radical (unpaired) electrons. The number of likely N-dealkylation sites (N-methyl/N-ethyl adjacent to an activating group) is 1. The van der Waals surface area contributed by atoms with E-state index in [1.54, 1.807) is 0 Å². The normalized spacial score (nSPS) is 34.7. The SMILES string of the molecule is CC(C)C(C)(C)C1CCC2(CC1)OCCC(CN(C)C1CCCCC1)O2. The summed E-state index contributed by atoms with van der Waals surface area (Å²) in [5, 5.41) is 0. The Bertz CT molecular complexity index is 433. The lowest BCUT2D eigenvalue weighted by Gasteiger charge is -2.49. The third-order valence-corrected chi connectivity index (χ3v) is 8.16. The highest BCUT2D eigenvalue weighted by molar-refractivity contribution is 4.91. The first-order chi connectivity index (χ1) is 12.3. The lowest BCUT2D eigenvalue weighted by atomic mass is 9.64. The van der Waals surface area contributed by atoms with Crippen molar-refractivity contribution in [1.82, 2.24) is 4.90 Å². The first kappa shape index (κ1) is 20.6. The van der Waals surface area contributed by atoms with Crippen LogP contribution in [0.4, 0.5) is 0 Å². The molecule has 3 aliphatic rings. The lowest BCUT2D eigenvalue weighted by molar-refractivity contribution is -0.311. The molecule has 1 saturated heterocycles. The molecule has 2 aliphatic carbocycles. The Morgan fingerprint density at radius 1 is 1.00 bits per heavy atom. The standard InChI is InChI=1S/C23H43NO2/c1-18(2)22(3,4)19-11-14-23(15-12-19)25-16-13-21(26-23)17-24(5)20-9-7-6-8-10-20/h18-21H,6-17H2,1-5H3. The number of rotatable bonds is 5. The van der Waals surface area contributed by atoms with Gasteiger partial charge < -0.3 is 14.4 Å². The highest BCUT2D eigenvalue weighted by atomic mass is 16.7. The van der Waals surface area contributed by atoms with Crippen molar-refractivity contribution in [3.63, 3.8) is 0 Å². The van der Waals surface area contributed by atoms with Gasteiger partial charge in [-0.2, -0.15) is 0 Å². The van der Waals surface area contributed by atoms with Crippen molar-refractivity contribution in [2.75, 3.05) is 20.2 Å². The largest absolute Gasteiger partial charge is 0.350 e. The fourth-order valence-electron chi connectivity index (χ4n) is 5.43. The predicted molar refractivity (Wildman–Crippen MR) is 108 cm³/mol. The molecule has 0 aromatic carbocycles. The van der Waals surface area contributed by atoms with Crippen LogP contribution >= 0.6 is 0 Å². The summed E-state index contributed by atoms with van der Waals surface area (Å²) >= 11 is 0. The first-order valence-corrected chi connectivity index (χ1v) is 11.3. The topological polar surface area (TPSA) is 21.7 Å². The molecular formula is C23H43NO2. The van der Waals surface area contributed by atoms with Crippen molar-refractivity contribution in [1.29, 1.82) is 0 Å². The fourth-order valence-corrected chi connectivity index (χ4v) is 5.43. The summed E-state index contributed by atoms with van der Waals surface area (Å²) in [5.74, 6) is 1.25. The summed E-state index contributed by atoms with van der Waals surface area (Å²) in [4.78, 5) is 2.58. The number of hydrogen-bond acceptors (Lipinski definition) is 3. The van der Waals surface area contributed by atoms with E-state index in [1.165, 1.54) is 44.9 Å². The summed E-state index contributed by atoms with van der Waals surface area (Å²) in [6.07, 6.45) is 13.0. The van der Waals surface area contributed by atoms with Crippen LogP contribution in [0.25, 0.3) is 0 Å². The molecule has 0 bridgehead atoms. The fraction of sp³-hybridized carbons (Fsp3) is 1.00. The van der Waals surface area contributed by atoms with Gasteiger partial charge in [0.1, 0.15) is 0 Å². The molecule has 2 saturated carbocycles. The summed E-state index contributed by atoms with van der Waals surface area (Å²) in [6.45, 7) is 11.6. The van der Waals surface area contributed by atoms with E-state index in [2.05, 4.69) is 39.6 Å². The van der Waals surface area contributed by atoms with Crippen molar-refractivity contribution >= 4 is 0 Å². The molecule has 152 valence electrons. The zero-order valence-corrected chi connectivity index (χ0v) is 18.1. The monoisotopic (exact) mass is 365 g/mol. The van der Waals surface area contributed by atoms with Crippen LogP contribution in [0.15, 0.2) is 0 Å². The van der Waals surface area contributed by atoms with Crippen LogP contribution in [-0.2, 0) is 9.47 Å². The second-order valence-corrected chi connectivity index (χ2v) is 10.3. The van der Waals surface area contributed by atoms with Crippen molar-refractivity contribution in [3.8, 4) is 0 Å². The minimum atomic E-state index is -0.278. The summed E-state index contributed by atoms with van der Waals surface area (Å²) in [6, 6.07) is 0.772. The van der Waals surface area contributed by atoms with Crippen LogP contribution in [0, 0.1) is 17.3 Å². The van der Waals surface area contributed by atoms with Crippen LogP contribution < -0.4 is 0 Å². The van der Waals surface area contributed by atoms with E-state index in [0.717, 1.165) is 50.3 Å². The molecule has 3 rings (SSSR count). The van der Waals surface area contributed by atoms with Crippen LogP contribution in [0.2, 0.25) is 0 Å². The molecule has 0 aromatic heterocycles. The van der Waals surface area contributed by atoms with Crippen LogP contribution in [-0.4, -0.2) is 43.0 Å². The zero-order chi connectivity index (χ0) is 18.8. The van der Waals surface area contributed by atoms with Crippen molar-refractivity contribution in [3.05, 3.63) is 0 Å². The van der Waals surface area contributed by atoms with E-state index in [4.69, 9.17) is 9.47 Å². The third kappa shape index (κ3) is 4.64. The van der Waals surface area contributed by atoms with Crippen LogP contribution in [0.3, 0.4) is 0 Å².